The van der Waals surface area contributed by atoms with Crippen LogP contribution in [0.25, 0.3) is 0 Å². The summed E-state index contributed by atoms with van der Waals surface area (Å²) in [5, 5.41) is 3.81. The van der Waals surface area contributed by atoms with E-state index in [2.05, 4.69) is 26.2 Å². The zero-order chi connectivity index (χ0) is 13.7. The Balaban J connectivity index is 1.94. The van der Waals surface area contributed by atoms with Crippen LogP contribution in [0.5, 0.6) is 5.75 Å². The maximum absolute atomic E-state index is 11.8. The number of nitrogens with zero attached hydrogens (tertiary/aromatic N) is 2. The van der Waals surface area contributed by atoms with Gasteiger partial charge in [-0.2, -0.15) is 5.06 Å². The van der Waals surface area contributed by atoms with Gasteiger partial charge < -0.3 is 10.2 Å². The van der Waals surface area contributed by atoms with Crippen molar-refractivity contribution in [2.24, 2.45) is 0 Å². The number of hydroxylamine groups is 2. The number of halogens is 1. The van der Waals surface area contributed by atoms with Gasteiger partial charge in [0.05, 0.1) is 7.05 Å². The largest absolute Gasteiger partial charge is 0.376 e. The van der Waals surface area contributed by atoms with E-state index in [9.17, 15) is 4.79 Å². The summed E-state index contributed by atoms with van der Waals surface area (Å²) in [5.74, 6) is 0.579. The van der Waals surface area contributed by atoms with Crippen LogP contribution in [-0.4, -0.2) is 23.1 Å². The van der Waals surface area contributed by atoms with Crippen LogP contribution in [0.2, 0.25) is 0 Å². The van der Waals surface area contributed by atoms with Crippen LogP contribution in [0, 0.1) is 0 Å². The Hall–Kier alpha value is -2.08. The van der Waals surface area contributed by atoms with Crippen LogP contribution >= 0.6 is 15.9 Å². The number of benzene rings is 1. The molecule has 0 fully saturated rings. The zero-order valence-corrected chi connectivity index (χ0v) is 11.8. The fraction of sp³-hybridized carbons (Fsp3) is 0.0769. The molecule has 1 aromatic heterocycles. The van der Waals surface area contributed by atoms with E-state index in [1.165, 1.54) is 0 Å². The van der Waals surface area contributed by atoms with Crippen molar-refractivity contribution in [3.8, 4) is 5.75 Å². The van der Waals surface area contributed by atoms with Gasteiger partial charge in [0.2, 0.25) is 0 Å². The highest BCUT2D eigenvalue weighted by Gasteiger charge is 2.10. The third-order valence-corrected chi connectivity index (χ3v) is 2.80. The van der Waals surface area contributed by atoms with Gasteiger partial charge in [0.15, 0.2) is 5.75 Å². The number of rotatable bonds is 3. The van der Waals surface area contributed by atoms with Crippen molar-refractivity contribution >= 4 is 27.6 Å². The molecule has 19 heavy (non-hydrogen) atoms. The van der Waals surface area contributed by atoms with Crippen LogP contribution < -0.4 is 10.2 Å². The molecular formula is C13H12BrN3O2. The standard InChI is InChI=1S/C13H12BrN3O2/c1-17(19-12-4-2-10(14)3-5-12)13(18)16-11-6-8-15-9-7-11/h2-9H,1H3,(H,15,16,18). The van der Waals surface area contributed by atoms with Gasteiger partial charge in [-0.1, -0.05) is 15.9 Å². The number of carbonyl (C=O) groups excluding carboxylic acids is 1. The van der Waals surface area contributed by atoms with Crippen LogP contribution in [0.1, 0.15) is 0 Å². The van der Waals surface area contributed by atoms with E-state index in [0.717, 1.165) is 9.54 Å². The molecular weight excluding hydrogens is 310 g/mol. The number of aromatic nitrogens is 1. The summed E-state index contributed by atoms with van der Waals surface area (Å²) in [6.45, 7) is 0. The molecule has 2 rings (SSSR count). The molecule has 0 aliphatic carbocycles. The van der Waals surface area contributed by atoms with E-state index in [1.807, 2.05) is 12.1 Å². The number of pyridine rings is 1. The summed E-state index contributed by atoms with van der Waals surface area (Å²) in [4.78, 5) is 21.1. The molecule has 98 valence electrons. The minimum Gasteiger partial charge on any atom is -0.376 e. The maximum Gasteiger partial charge on any atom is 0.354 e. The van der Waals surface area contributed by atoms with Crippen molar-refractivity contribution in [3.63, 3.8) is 0 Å². The molecule has 0 aliphatic rings. The summed E-state index contributed by atoms with van der Waals surface area (Å²) in [7, 11) is 1.54. The van der Waals surface area contributed by atoms with Gasteiger partial charge in [-0.15, -0.1) is 0 Å². The number of hydrogen-bond donors (Lipinski definition) is 1. The lowest BCUT2D eigenvalue weighted by molar-refractivity contribution is 0.0189. The van der Waals surface area contributed by atoms with Crippen LogP contribution in [0.3, 0.4) is 0 Å². The smallest absolute Gasteiger partial charge is 0.354 e. The number of anilines is 1. The first kappa shape index (κ1) is 13.4. The van der Waals surface area contributed by atoms with Gasteiger partial charge >= 0.3 is 6.03 Å². The molecule has 0 saturated heterocycles. The van der Waals surface area contributed by atoms with Gasteiger partial charge in [-0.25, -0.2) is 4.79 Å². The molecule has 2 amide bonds. The van der Waals surface area contributed by atoms with Gasteiger partial charge in [0.1, 0.15) is 0 Å². The molecule has 1 heterocycles. The molecule has 5 nitrogen and oxygen atoms in total. The lowest BCUT2D eigenvalue weighted by atomic mass is 10.3. The second-order valence-electron chi connectivity index (χ2n) is 3.71. The molecule has 0 atom stereocenters. The quantitative estimate of drug-likeness (QED) is 0.882. The Labute approximate surface area is 119 Å². The van der Waals surface area contributed by atoms with Crippen molar-refractivity contribution < 1.29 is 9.63 Å². The minimum absolute atomic E-state index is 0.367. The second kappa shape index (κ2) is 6.19. The van der Waals surface area contributed by atoms with Gasteiger partial charge in [0, 0.05) is 22.6 Å². The molecule has 6 heteroatoms. The highest BCUT2D eigenvalue weighted by atomic mass is 79.9. The number of urea groups is 1. The molecule has 2 aromatic rings. The van der Waals surface area contributed by atoms with E-state index < -0.39 is 0 Å². The Morgan fingerprint density at radius 2 is 1.84 bits per heavy atom. The van der Waals surface area contributed by atoms with Crippen molar-refractivity contribution in [1.29, 1.82) is 0 Å². The molecule has 0 aliphatic heterocycles. The highest BCUT2D eigenvalue weighted by molar-refractivity contribution is 9.10. The summed E-state index contributed by atoms with van der Waals surface area (Å²) in [5.41, 5.74) is 0.659. The fourth-order valence-electron chi connectivity index (χ4n) is 1.33. The number of hydrogen-bond acceptors (Lipinski definition) is 3. The van der Waals surface area contributed by atoms with Crippen LogP contribution in [-0.2, 0) is 0 Å². The third kappa shape index (κ3) is 3.96. The lowest BCUT2D eigenvalue weighted by Gasteiger charge is -2.18. The topological polar surface area (TPSA) is 54.5 Å². The first-order valence-corrected chi connectivity index (χ1v) is 6.33. The number of amides is 2. The van der Waals surface area contributed by atoms with E-state index in [-0.39, 0.29) is 6.03 Å². The Bertz CT molecular complexity index is 546. The van der Waals surface area contributed by atoms with Crippen LogP contribution in [0.15, 0.2) is 53.3 Å². The van der Waals surface area contributed by atoms with Crippen molar-refractivity contribution in [1.82, 2.24) is 10.0 Å². The summed E-state index contributed by atoms with van der Waals surface area (Å²) in [6.07, 6.45) is 3.20. The predicted molar refractivity (Wildman–Crippen MR) is 75.8 cm³/mol. The van der Waals surface area contributed by atoms with E-state index in [1.54, 1.807) is 43.7 Å². The molecule has 0 unspecified atom stereocenters. The van der Waals surface area contributed by atoms with Crippen molar-refractivity contribution in [2.75, 3.05) is 12.4 Å². The molecule has 0 saturated carbocycles. The average molecular weight is 322 g/mol. The predicted octanol–water partition coefficient (Wildman–Crippen LogP) is 3.30. The monoisotopic (exact) mass is 321 g/mol. The average Bonchev–Trinajstić information content (AvgIpc) is 2.42. The summed E-state index contributed by atoms with van der Waals surface area (Å²) in [6, 6.07) is 10.2. The molecule has 0 spiro atoms. The Morgan fingerprint density at radius 1 is 1.21 bits per heavy atom. The van der Waals surface area contributed by atoms with Crippen LogP contribution in [0.4, 0.5) is 10.5 Å². The normalized spacial score (nSPS) is 9.79. The fourth-order valence-corrected chi connectivity index (χ4v) is 1.60. The second-order valence-corrected chi connectivity index (χ2v) is 4.62. The summed E-state index contributed by atoms with van der Waals surface area (Å²) >= 11 is 3.33. The zero-order valence-electron chi connectivity index (χ0n) is 10.2. The lowest BCUT2D eigenvalue weighted by Crippen LogP contribution is -2.34. The number of carbonyl (C=O) groups is 1. The molecule has 1 N–H and O–H groups in total. The molecule has 0 bridgehead atoms. The molecule has 0 radical (unpaired) electrons. The maximum atomic E-state index is 11.8. The first-order valence-electron chi connectivity index (χ1n) is 5.53. The van der Waals surface area contributed by atoms with Gasteiger partial charge in [0.25, 0.3) is 0 Å². The van der Waals surface area contributed by atoms with Crippen molar-refractivity contribution in [3.05, 3.63) is 53.3 Å². The Kier molecular flexibility index (Phi) is 4.35. The van der Waals surface area contributed by atoms with Gasteiger partial charge in [-0.3, -0.25) is 4.98 Å². The minimum atomic E-state index is -0.367. The summed E-state index contributed by atoms with van der Waals surface area (Å²) < 4.78 is 0.948. The van der Waals surface area contributed by atoms with E-state index >= 15 is 0 Å². The Morgan fingerprint density at radius 3 is 2.47 bits per heavy atom. The number of nitrogens with one attached hydrogen (secondary N) is 1. The first-order chi connectivity index (χ1) is 9.15. The third-order valence-electron chi connectivity index (χ3n) is 2.27. The molecule has 1 aromatic carbocycles. The van der Waals surface area contributed by atoms with Gasteiger partial charge in [-0.05, 0) is 36.4 Å². The van der Waals surface area contributed by atoms with Crippen molar-refractivity contribution in [2.45, 2.75) is 0 Å². The highest BCUT2D eigenvalue weighted by Crippen LogP contribution is 2.17. The SMILES string of the molecule is CN(Oc1ccc(Br)cc1)C(=O)Nc1ccncc1. The van der Waals surface area contributed by atoms with E-state index in [4.69, 9.17) is 4.84 Å². The van der Waals surface area contributed by atoms with E-state index in [0.29, 0.717) is 11.4 Å².